The van der Waals surface area contributed by atoms with Crippen LogP contribution in [0, 0.1) is 0 Å². The molecule has 28 heavy (non-hydrogen) atoms. The van der Waals surface area contributed by atoms with Gasteiger partial charge in [-0.15, -0.1) is 0 Å². The average Bonchev–Trinajstić information content (AvgIpc) is 3.38. The summed E-state index contributed by atoms with van der Waals surface area (Å²) in [6.07, 6.45) is 5.77. The zero-order valence-electron chi connectivity index (χ0n) is 15.4. The minimum Gasteiger partial charge on any atom is -0.497 e. The lowest BCUT2D eigenvalue weighted by Gasteiger charge is -2.06. The third kappa shape index (κ3) is 4.16. The number of benzene rings is 2. The fourth-order valence-electron chi connectivity index (χ4n) is 3.00. The number of H-pyrrole nitrogens is 1. The summed E-state index contributed by atoms with van der Waals surface area (Å²) in [7, 11) is 1.67. The molecule has 7 heteroatoms. The molecule has 0 fully saturated rings. The van der Waals surface area contributed by atoms with E-state index in [0.29, 0.717) is 6.54 Å². The van der Waals surface area contributed by atoms with Crippen LogP contribution < -0.4 is 10.1 Å². The van der Waals surface area contributed by atoms with E-state index in [0.717, 1.165) is 44.8 Å². The zero-order chi connectivity index (χ0) is 19.3. The molecule has 2 N–H and O–H groups in total. The van der Waals surface area contributed by atoms with Gasteiger partial charge in [-0.1, -0.05) is 28.1 Å². The average molecular weight is 438 g/mol. The Balaban J connectivity index is 1.40. The zero-order valence-corrected chi connectivity index (χ0v) is 17.0. The van der Waals surface area contributed by atoms with E-state index in [1.165, 1.54) is 0 Å². The SMILES string of the molecule is COc1cccc(-c2[nH]ncc2CNCc2cnn(-c3ccc(Br)cc3)c2)c1. The summed E-state index contributed by atoms with van der Waals surface area (Å²) in [6.45, 7) is 1.42. The Bertz CT molecular complexity index is 1050. The third-order valence-corrected chi connectivity index (χ3v) is 4.98. The van der Waals surface area contributed by atoms with Crippen LogP contribution in [0.15, 0.2) is 71.6 Å². The van der Waals surface area contributed by atoms with Crippen molar-refractivity contribution in [3.63, 3.8) is 0 Å². The van der Waals surface area contributed by atoms with Crippen LogP contribution in [-0.2, 0) is 13.1 Å². The molecule has 0 radical (unpaired) electrons. The van der Waals surface area contributed by atoms with E-state index in [4.69, 9.17) is 4.74 Å². The maximum atomic E-state index is 5.32. The predicted octanol–water partition coefficient (Wildman–Crippen LogP) is 4.32. The third-order valence-electron chi connectivity index (χ3n) is 4.45. The van der Waals surface area contributed by atoms with Gasteiger partial charge in [0, 0.05) is 40.4 Å². The van der Waals surface area contributed by atoms with Crippen LogP contribution in [-0.4, -0.2) is 27.1 Å². The lowest BCUT2D eigenvalue weighted by molar-refractivity contribution is 0.415. The number of nitrogens with zero attached hydrogens (tertiary/aromatic N) is 3. The van der Waals surface area contributed by atoms with Crippen molar-refractivity contribution in [2.75, 3.05) is 7.11 Å². The molecule has 2 heterocycles. The van der Waals surface area contributed by atoms with Crippen LogP contribution in [0.25, 0.3) is 16.9 Å². The molecule has 2 aromatic carbocycles. The first-order valence-corrected chi connectivity index (χ1v) is 9.69. The molecule has 0 aliphatic heterocycles. The number of nitrogens with one attached hydrogen (secondary N) is 2. The molecule has 2 aromatic heterocycles. The van der Waals surface area contributed by atoms with E-state index < -0.39 is 0 Å². The van der Waals surface area contributed by atoms with E-state index in [1.807, 2.05) is 71.8 Å². The summed E-state index contributed by atoms with van der Waals surface area (Å²) in [4.78, 5) is 0. The van der Waals surface area contributed by atoms with E-state index in [2.05, 4.69) is 36.5 Å². The number of methoxy groups -OCH3 is 1. The van der Waals surface area contributed by atoms with Crippen LogP contribution >= 0.6 is 15.9 Å². The molecule has 4 rings (SSSR count). The Morgan fingerprint density at radius 1 is 1.11 bits per heavy atom. The van der Waals surface area contributed by atoms with Gasteiger partial charge in [-0.3, -0.25) is 5.10 Å². The lowest BCUT2D eigenvalue weighted by atomic mass is 10.1. The van der Waals surface area contributed by atoms with Crippen molar-refractivity contribution < 1.29 is 4.74 Å². The summed E-state index contributed by atoms with van der Waals surface area (Å²) in [6, 6.07) is 16.0. The van der Waals surface area contributed by atoms with Gasteiger partial charge in [0.2, 0.25) is 0 Å². The highest BCUT2D eigenvalue weighted by atomic mass is 79.9. The molecule has 0 saturated carbocycles. The van der Waals surface area contributed by atoms with Gasteiger partial charge in [0.25, 0.3) is 0 Å². The molecule has 0 spiro atoms. The highest BCUT2D eigenvalue weighted by Crippen LogP contribution is 2.25. The van der Waals surface area contributed by atoms with Gasteiger partial charge in [-0.05, 0) is 36.4 Å². The Morgan fingerprint density at radius 3 is 2.79 bits per heavy atom. The van der Waals surface area contributed by atoms with E-state index in [1.54, 1.807) is 7.11 Å². The number of hydrogen-bond acceptors (Lipinski definition) is 4. The quantitative estimate of drug-likeness (QED) is 0.451. The van der Waals surface area contributed by atoms with E-state index in [-0.39, 0.29) is 0 Å². The van der Waals surface area contributed by atoms with Gasteiger partial charge < -0.3 is 10.1 Å². The monoisotopic (exact) mass is 437 g/mol. The molecule has 0 amide bonds. The van der Waals surface area contributed by atoms with Gasteiger partial charge in [0.05, 0.1) is 30.9 Å². The fraction of sp³-hybridized carbons (Fsp3) is 0.143. The van der Waals surface area contributed by atoms with Crippen LogP contribution in [0.2, 0.25) is 0 Å². The predicted molar refractivity (Wildman–Crippen MR) is 112 cm³/mol. The van der Waals surface area contributed by atoms with Crippen molar-refractivity contribution in [3.05, 3.63) is 82.7 Å². The molecular formula is C21H20BrN5O. The molecule has 4 aromatic rings. The van der Waals surface area contributed by atoms with Crippen LogP contribution in [0.4, 0.5) is 0 Å². The summed E-state index contributed by atoms with van der Waals surface area (Å²) >= 11 is 3.45. The molecule has 0 unspecified atom stereocenters. The number of aromatic amines is 1. The first-order chi connectivity index (χ1) is 13.7. The van der Waals surface area contributed by atoms with Gasteiger partial charge in [-0.25, -0.2) is 4.68 Å². The van der Waals surface area contributed by atoms with Gasteiger partial charge >= 0.3 is 0 Å². The second kappa shape index (κ2) is 8.41. The topological polar surface area (TPSA) is 67.8 Å². The highest BCUT2D eigenvalue weighted by Gasteiger charge is 2.09. The number of halogens is 1. The molecule has 0 saturated heterocycles. The maximum absolute atomic E-state index is 5.32. The van der Waals surface area contributed by atoms with Crippen LogP contribution in [0.1, 0.15) is 11.1 Å². The molecule has 142 valence electrons. The number of aromatic nitrogens is 4. The minimum absolute atomic E-state index is 0.701. The molecular weight excluding hydrogens is 418 g/mol. The normalized spacial score (nSPS) is 10.9. The fourth-order valence-corrected chi connectivity index (χ4v) is 3.27. The van der Waals surface area contributed by atoms with E-state index >= 15 is 0 Å². The maximum Gasteiger partial charge on any atom is 0.119 e. The standard InChI is InChI=1S/C21H20BrN5O/c1-28-20-4-2-3-16(9-20)21-17(13-24-26-21)12-23-10-15-11-25-27(14-15)19-7-5-18(22)6-8-19/h2-9,11,13-14,23H,10,12H2,1H3,(H,24,26). The van der Waals surface area contributed by atoms with Crippen molar-refractivity contribution in [3.8, 4) is 22.7 Å². The molecule has 6 nitrogen and oxygen atoms in total. The highest BCUT2D eigenvalue weighted by molar-refractivity contribution is 9.10. The largest absolute Gasteiger partial charge is 0.497 e. The second-order valence-corrected chi connectivity index (χ2v) is 7.29. The minimum atomic E-state index is 0.701. The molecule has 0 atom stereocenters. The summed E-state index contributed by atoms with van der Waals surface area (Å²) in [5.74, 6) is 0.825. The van der Waals surface area contributed by atoms with E-state index in [9.17, 15) is 0 Å². The first-order valence-electron chi connectivity index (χ1n) is 8.90. The Morgan fingerprint density at radius 2 is 1.96 bits per heavy atom. The van der Waals surface area contributed by atoms with Crippen molar-refractivity contribution in [2.24, 2.45) is 0 Å². The van der Waals surface area contributed by atoms with Crippen LogP contribution in [0.5, 0.6) is 5.75 Å². The number of ether oxygens (including phenoxy) is 1. The molecule has 0 aliphatic carbocycles. The van der Waals surface area contributed by atoms with Crippen molar-refractivity contribution >= 4 is 15.9 Å². The Kier molecular flexibility index (Phi) is 5.55. The van der Waals surface area contributed by atoms with Gasteiger partial charge in [0.15, 0.2) is 0 Å². The lowest BCUT2D eigenvalue weighted by Crippen LogP contribution is -2.12. The number of hydrogen-bond donors (Lipinski definition) is 2. The van der Waals surface area contributed by atoms with Crippen LogP contribution in [0.3, 0.4) is 0 Å². The van der Waals surface area contributed by atoms with Crippen molar-refractivity contribution in [2.45, 2.75) is 13.1 Å². The first kappa shape index (κ1) is 18.5. The van der Waals surface area contributed by atoms with Crippen molar-refractivity contribution in [1.29, 1.82) is 0 Å². The smallest absolute Gasteiger partial charge is 0.119 e. The Hall–Kier alpha value is -2.90. The molecule has 0 bridgehead atoms. The summed E-state index contributed by atoms with van der Waals surface area (Å²) < 4.78 is 8.25. The Labute approximate surface area is 171 Å². The second-order valence-electron chi connectivity index (χ2n) is 6.38. The van der Waals surface area contributed by atoms with Gasteiger partial charge in [-0.2, -0.15) is 10.2 Å². The number of rotatable bonds is 7. The molecule has 0 aliphatic rings. The van der Waals surface area contributed by atoms with Crippen molar-refractivity contribution in [1.82, 2.24) is 25.3 Å². The summed E-state index contributed by atoms with van der Waals surface area (Å²) in [5.41, 5.74) is 5.31. The summed E-state index contributed by atoms with van der Waals surface area (Å²) in [5, 5.41) is 15.2. The van der Waals surface area contributed by atoms with Gasteiger partial charge in [0.1, 0.15) is 5.75 Å².